The van der Waals surface area contributed by atoms with E-state index in [1.807, 2.05) is 0 Å². The number of benzene rings is 1. The van der Waals surface area contributed by atoms with Gasteiger partial charge in [-0.05, 0) is 0 Å². The highest BCUT2D eigenvalue weighted by molar-refractivity contribution is 7.13. The molecular formula is C12H13F2N3O2S. The Morgan fingerprint density at radius 1 is 1.20 bits per heavy atom. The molecule has 0 radical (unpaired) electrons. The standard InChI is InChI=1S/C12H13F2N3O2S/c1-18-3-2-15-7-11-16-17-12(20-11)19-10-5-8(13)4-9(14)6-10/h4-6,15H,2-3,7H2,1H3. The Kier molecular flexibility index (Phi) is 5.33. The van der Waals surface area contributed by atoms with Gasteiger partial charge in [-0.25, -0.2) is 8.78 Å². The normalized spacial score (nSPS) is 10.8. The molecule has 5 nitrogen and oxygen atoms in total. The molecule has 0 aliphatic carbocycles. The highest BCUT2D eigenvalue weighted by Crippen LogP contribution is 2.26. The van der Waals surface area contributed by atoms with Crippen LogP contribution in [0, 0.1) is 11.6 Å². The minimum atomic E-state index is -0.703. The number of ether oxygens (including phenoxy) is 2. The van der Waals surface area contributed by atoms with E-state index in [0.29, 0.717) is 24.7 Å². The van der Waals surface area contributed by atoms with Crippen molar-refractivity contribution >= 4 is 11.3 Å². The van der Waals surface area contributed by atoms with Crippen LogP contribution >= 0.6 is 11.3 Å². The summed E-state index contributed by atoms with van der Waals surface area (Å²) in [5.41, 5.74) is 0. The van der Waals surface area contributed by atoms with Crippen LogP contribution in [0.3, 0.4) is 0 Å². The van der Waals surface area contributed by atoms with E-state index in [1.165, 1.54) is 11.3 Å². The van der Waals surface area contributed by atoms with Gasteiger partial charge in [-0.15, -0.1) is 5.10 Å². The zero-order valence-electron chi connectivity index (χ0n) is 10.7. The first-order chi connectivity index (χ1) is 9.67. The molecule has 0 spiro atoms. The van der Waals surface area contributed by atoms with Gasteiger partial charge >= 0.3 is 0 Å². The summed E-state index contributed by atoms with van der Waals surface area (Å²) in [7, 11) is 1.62. The molecule has 1 aromatic heterocycles. The quantitative estimate of drug-likeness (QED) is 0.796. The number of hydrogen-bond acceptors (Lipinski definition) is 6. The lowest BCUT2D eigenvalue weighted by molar-refractivity contribution is 0.199. The maximum Gasteiger partial charge on any atom is 0.299 e. The second kappa shape index (κ2) is 7.22. The van der Waals surface area contributed by atoms with Gasteiger partial charge in [-0.3, -0.25) is 0 Å². The first-order valence-corrected chi connectivity index (χ1v) is 6.65. The maximum absolute atomic E-state index is 13.0. The molecule has 0 atom stereocenters. The fraction of sp³-hybridized carbons (Fsp3) is 0.333. The third-order valence-electron chi connectivity index (χ3n) is 2.25. The first kappa shape index (κ1) is 14.8. The highest BCUT2D eigenvalue weighted by atomic mass is 32.1. The van der Waals surface area contributed by atoms with Crippen LogP contribution in [0.4, 0.5) is 8.78 Å². The lowest BCUT2D eigenvalue weighted by atomic mass is 10.3. The van der Waals surface area contributed by atoms with Crippen molar-refractivity contribution in [3.8, 4) is 10.9 Å². The van der Waals surface area contributed by atoms with Crippen LogP contribution in [0.2, 0.25) is 0 Å². The summed E-state index contributed by atoms with van der Waals surface area (Å²) >= 11 is 1.20. The zero-order chi connectivity index (χ0) is 14.4. The van der Waals surface area contributed by atoms with Crippen molar-refractivity contribution in [1.82, 2.24) is 15.5 Å². The number of rotatable bonds is 7. The lowest BCUT2D eigenvalue weighted by Crippen LogP contribution is -2.18. The largest absolute Gasteiger partial charge is 0.430 e. The van der Waals surface area contributed by atoms with E-state index < -0.39 is 11.6 Å². The van der Waals surface area contributed by atoms with E-state index >= 15 is 0 Å². The lowest BCUT2D eigenvalue weighted by Gasteiger charge is -2.01. The van der Waals surface area contributed by atoms with E-state index in [2.05, 4.69) is 15.5 Å². The van der Waals surface area contributed by atoms with E-state index in [9.17, 15) is 8.78 Å². The molecule has 2 aromatic rings. The van der Waals surface area contributed by atoms with Gasteiger partial charge in [0, 0.05) is 38.4 Å². The molecule has 8 heteroatoms. The predicted octanol–water partition coefficient (Wildman–Crippen LogP) is 2.34. The van der Waals surface area contributed by atoms with Crippen LogP contribution in [-0.4, -0.2) is 30.5 Å². The van der Waals surface area contributed by atoms with Crippen LogP contribution in [0.1, 0.15) is 5.01 Å². The smallest absolute Gasteiger partial charge is 0.299 e. The van der Waals surface area contributed by atoms with E-state index in [0.717, 1.165) is 18.2 Å². The third kappa shape index (κ3) is 4.48. The van der Waals surface area contributed by atoms with Crippen LogP contribution in [0.5, 0.6) is 10.9 Å². The molecule has 1 heterocycles. The molecule has 0 bridgehead atoms. The zero-order valence-corrected chi connectivity index (χ0v) is 11.5. The molecule has 2 rings (SSSR count). The van der Waals surface area contributed by atoms with E-state index in [4.69, 9.17) is 9.47 Å². The summed E-state index contributed by atoms with van der Waals surface area (Å²) in [5.74, 6) is -1.35. The van der Waals surface area contributed by atoms with Gasteiger partial charge in [0.25, 0.3) is 5.19 Å². The summed E-state index contributed by atoms with van der Waals surface area (Å²) in [6.07, 6.45) is 0. The summed E-state index contributed by atoms with van der Waals surface area (Å²) in [6.45, 7) is 1.83. The van der Waals surface area contributed by atoms with Gasteiger partial charge in [0.05, 0.1) is 6.61 Å². The van der Waals surface area contributed by atoms with Crippen molar-refractivity contribution in [2.75, 3.05) is 20.3 Å². The van der Waals surface area contributed by atoms with Gasteiger partial charge in [-0.1, -0.05) is 16.4 Å². The molecule has 1 aromatic carbocycles. The number of nitrogens with zero attached hydrogens (tertiary/aromatic N) is 2. The molecule has 20 heavy (non-hydrogen) atoms. The Labute approximate surface area is 118 Å². The minimum absolute atomic E-state index is 0.0533. The van der Waals surface area contributed by atoms with Crippen molar-refractivity contribution < 1.29 is 18.3 Å². The fourth-order valence-electron chi connectivity index (χ4n) is 1.41. The minimum Gasteiger partial charge on any atom is -0.430 e. The molecule has 0 amide bonds. The molecule has 1 N–H and O–H groups in total. The molecule has 0 aliphatic heterocycles. The Bertz CT molecular complexity index is 545. The average Bonchev–Trinajstić information content (AvgIpc) is 2.81. The summed E-state index contributed by atoms with van der Waals surface area (Å²) in [4.78, 5) is 0. The Morgan fingerprint density at radius 3 is 2.65 bits per heavy atom. The Hall–Kier alpha value is -1.64. The van der Waals surface area contributed by atoms with Crippen LogP contribution in [-0.2, 0) is 11.3 Å². The first-order valence-electron chi connectivity index (χ1n) is 5.83. The van der Waals surface area contributed by atoms with Crippen molar-refractivity contribution in [3.05, 3.63) is 34.8 Å². The Balaban J connectivity index is 1.92. The number of hydrogen-bond donors (Lipinski definition) is 1. The summed E-state index contributed by atoms with van der Waals surface area (Å²) in [6, 6.07) is 2.94. The third-order valence-corrected chi connectivity index (χ3v) is 3.05. The van der Waals surface area contributed by atoms with Gasteiger partial charge < -0.3 is 14.8 Å². The number of nitrogens with one attached hydrogen (secondary N) is 1. The molecule has 0 unspecified atom stereocenters. The molecule has 0 saturated heterocycles. The predicted molar refractivity (Wildman–Crippen MR) is 69.9 cm³/mol. The molecule has 0 aliphatic rings. The average molecular weight is 301 g/mol. The fourth-order valence-corrected chi connectivity index (χ4v) is 2.09. The van der Waals surface area contributed by atoms with Crippen molar-refractivity contribution in [1.29, 1.82) is 0 Å². The van der Waals surface area contributed by atoms with Gasteiger partial charge in [-0.2, -0.15) is 0 Å². The van der Waals surface area contributed by atoms with Crippen molar-refractivity contribution in [2.45, 2.75) is 6.54 Å². The second-order valence-electron chi connectivity index (χ2n) is 3.84. The highest BCUT2D eigenvalue weighted by Gasteiger charge is 2.08. The molecule has 0 fully saturated rings. The second-order valence-corrected chi connectivity index (χ2v) is 4.86. The molecule has 108 valence electrons. The Morgan fingerprint density at radius 2 is 1.95 bits per heavy atom. The molecule has 0 saturated carbocycles. The van der Waals surface area contributed by atoms with Crippen molar-refractivity contribution in [3.63, 3.8) is 0 Å². The number of halogens is 2. The van der Waals surface area contributed by atoms with E-state index in [1.54, 1.807) is 7.11 Å². The topological polar surface area (TPSA) is 56.3 Å². The number of methoxy groups -OCH3 is 1. The maximum atomic E-state index is 13.0. The van der Waals surface area contributed by atoms with Crippen LogP contribution in [0.25, 0.3) is 0 Å². The van der Waals surface area contributed by atoms with Gasteiger partial charge in [0.15, 0.2) is 0 Å². The van der Waals surface area contributed by atoms with Crippen LogP contribution in [0.15, 0.2) is 18.2 Å². The number of aromatic nitrogens is 2. The van der Waals surface area contributed by atoms with Gasteiger partial charge in [0.2, 0.25) is 0 Å². The van der Waals surface area contributed by atoms with Crippen LogP contribution < -0.4 is 10.1 Å². The monoisotopic (exact) mass is 301 g/mol. The SMILES string of the molecule is COCCNCc1nnc(Oc2cc(F)cc(F)c2)s1. The summed E-state index contributed by atoms with van der Waals surface area (Å²) < 4.78 is 36.2. The van der Waals surface area contributed by atoms with Crippen molar-refractivity contribution in [2.24, 2.45) is 0 Å². The van der Waals surface area contributed by atoms with E-state index in [-0.39, 0.29) is 10.9 Å². The summed E-state index contributed by atoms with van der Waals surface area (Å²) in [5, 5.41) is 11.8. The van der Waals surface area contributed by atoms with Gasteiger partial charge in [0.1, 0.15) is 22.4 Å². The molecular weight excluding hydrogens is 288 g/mol.